The van der Waals surface area contributed by atoms with Gasteiger partial charge in [-0.25, -0.2) is 0 Å². The molecule has 2 aliphatic carbocycles. The van der Waals surface area contributed by atoms with Crippen LogP contribution in [0.15, 0.2) is 36.0 Å². The average Bonchev–Trinajstić information content (AvgIpc) is 2.48. The van der Waals surface area contributed by atoms with Gasteiger partial charge >= 0.3 is 0 Å². The topological polar surface area (TPSA) is 36.1 Å². The van der Waals surface area contributed by atoms with E-state index in [2.05, 4.69) is 46.3 Å². The third-order valence-corrected chi connectivity index (χ3v) is 4.37. The van der Waals surface area contributed by atoms with Crippen LogP contribution in [-0.4, -0.2) is 18.0 Å². The predicted molar refractivity (Wildman–Crippen MR) is 79.6 cm³/mol. The summed E-state index contributed by atoms with van der Waals surface area (Å²) in [4.78, 5) is 0. The molecule has 0 radical (unpaired) electrons. The van der Waals surface area contributed by atoms with Gasteiger partial charge in [-0.2, -0.15) is 0 Å². The number of halogens is 1. The Balaban J connectivity index is 1.69. The van der Waals surface area contributed by atoms with Crippen LogP contribution in [0.2, 0.25) is 0 Å². The fraction of sp³-hybridized carbons (Fsp3) is 0.600. The molecule has 0 spiro atoms. The standard InChI is InChI=1S/C15H22ClN3/c16-15-18-13(11-7-3-1-4-8-11)17-14(19-15)12-9-5-2-6-10-12/h1,3,5,7,9,12-15,17-19H,2,4,6,8,10H2. The number of rotatable bonds is 2. The van der Waals surface area contributed by atoms with Crippen LogP contribution in [0.25, 0.3) is 0 Å². The van der Waals surface area contributed by atoms with E-state index in [0.29, 0.717) is 5.92 Å². The molecule has 0 amide bonds. The van der Waals surface area contributed by atoms with Gasteiger partial charge < -0.3 is 0 Å². The highest BCUT2D eigenvalue weighted by Gasteiger charge is 2.31. The summed E-state index contributed by atoms with van der Waals surface area (Å²) in [7, 11) is 0. The molecule has 0 saturated carbocycles. The first-order valence-electron chi connectivity index (χ1n) is 7.27. The van der Waals surface area contributed by atoms with E-state index in [-0.39, 0.29) is 18.0 Å². The normalized spacial score (nSPS) is 39.1. The first-order valence-corrected chi connectivity index (χ1v) is 7.71. The maximum Gasteiger partial charge on any atom is 0.137 e. The minimum Gasteiger partial charge on any atom is -0.282 e. The van der Waals surface area contributed by atoms with Gasteiger partial charge in [-0.15, -0.1) is 0 Å². The Bertz CT molecular complexity index is 402. The summed E-state index contributed by atoms with van der Waals surface area (Å²) in [5.74, 6) is 0.541. The molecule has 19 heavy (non-hydrogen) atoms. The number of nitrogens with one attached hydrogen (secondary N) is 3. The Kier molecular flexibility index (Phi) is 4.38. The fourth-order valence-electron chi connectivity index (χ4n) is 3.07. The third kappa shape index (κ3) is 3.29. The molecule has 3 rings (SSSR count). The molecule has 0 aromatic rings. The van der Waals surface area contributed by atoms with E-state index in [1.54, 1.807) is 0 Å². The minimum atomic E-state index is -0.168. The lowest BCUT2D eigenvalue weighted by Gasteiger charge is -2.41. The number of alkyl halides is 1. The van der Waals surface area contributed by atoms with E-state index < -0.39 is 0 Å². The van der Waals surface area contributed by atoms with Gasteiger partial charge in [0.05, 0.1) is 12.3 Å². The first kappa shape index (κ1) is 13.4. The summed E-state index contributed by atoms with van der Waals surface area (Å²) >= 11 is 6.31. The van der Waals surface area contributed by atoms with E-state index in [4.69, 9.17) is 11.6 Å². The molecule has 3 aliphatic rings. The zero-order chi connectivity index (χ0) is 13.1. The Morgan fingerprint density at radius 2 is 2.05 bits per heavy atom. The molecular weight excluding hydrogens is 258 g/mol. The molecule has 4 heteroatoms. The molecule has 1 aliphatic heterocycles. The van der Waals surface area contributed by atoms with Gasteiger partial charge in [-0.3, -0.25) is 16.0 Å². The molecule has 0 bridgehead atoms. The van der Waals surface area contributed by atoms with Crippen molar-refractivity contribution in [2.24, 2.45) is 5.92 Å². The second kappa shape index (κ2) is 6.23. The monoisotopic (exact) mass is 279 g/mol. The van der Waals surface area contributed by atoms with Crippen LogP contribution in [-0.2, 0) is 0 Å². The van der Waals surface area contributed by atoms with Crippen LogP contribution in [0.4, 0.5) is 0 Å². The van der Waals surface area contributed by atoms with Gasteiger partial charge in [0.1, 0.15) is 5.62 Å². The van der Waals surface area contributed by atoms with Gasteiger partial charge in [0.15, 0.2) is 0 Å². The molecule has 1 fully saturated rings. The highest BCUT2D eigenvalue weighted by Crippen LogP contribution is 2.23. The molecular formula is C15H22ClN3. The average molecular weight is 280 g/mol. The SMILES string of the molecule is ClC1NC(C2=CC=CCC2)NC(C2C=CCCC2)N1. The van der Waals surface area contributed by atoms with Crippen molar-refractivity contribution in [3.63, 3.8) is 0 Å². The molecule has 104 valence electrons. The lowest BCUT2D eigenvalue weighted by molar-refractivity contribution is 0.211. The van der Waals surface area contributed by atoms with Crippen molar-refractivity contribution in [3.05, 3.63) is 36.0 Å². The van der Waals surface area contributed by atoms with E-state index >= 15 is 0 Å². The van der Waals surface area contributed by atoms with E-state index in [1.807, 2.05) is 0 Å². The number of allylic oxidation sites excluding steroid dienone is 4. The maximum atomic E-state index is 6.31. The van der Waals surface area contributed by atoms with Crippen molar-refractivity contribution >= 4 is 11.6 Å². The van der Waals surface area contributed by atoms with Crippen molar-refractivity contribution in [3.8, 4) is 0 Å². The van der Waals surface area contributed by atoms with Crippen LogP contribution < -0.4 is 16.0 Å². The van der Waals surface area contributed by atoms with Crippen molar-refractivity contribution in [2.75, 3.05) is 0 Å². The van der Waals surface area contributed by atoms with Gasteiger partial charge in [0.2, 0.25) is 0 Å². The van der Waals surface area contributed by atoms with Crippen LogP contribution >= 0.6 is 11.6 Å². The Labute approximate surface area is 120 Å². The van der Waals surface area contributed by atoms with Gasteiger partial charge in [-0.05, 0) is 37.7 Å². The molecule has 4 unspecified atom stereocenters. The lowest BCUT2D eigenvalue weighted by Crippen LogP contribution is -2.67. The first-order chi connectivity index (χ1) is 9.33. The second-order valence-electron chi connectivity index (χ2n) is 5.50. The smallest absolute Gasteiger partial charge is 0.137 e. The molecule has 1 saturated heterocycles. The van der Waals surface area contributed by atoms with Crippen LogP contribution in [0.1, 0.15) is 32.1 Å². The van der Waals surface area contributed by atoms with Crippen molar-refractivity contribution < 1.29 is 0 Å². The van der Waals surface area contributed by atoms with Crippen molar-refractivity contribution in [1.29, 1.82) is 0 Å². The Hall–Kier alpha value is -0.610. The zero-order valence-corrected chi connectivity index (χ0v) is 11.9. The zero-order valence-electron chi connectivity index (χ0n) is 11.1. The minimum absolute atomic E-state index is 0.168. The molecule has 3 N–H and O–H groups in total. The molecule has 1 heterocycles. The Morgan fingerprint density at radius 3 is 2.79 bits per heavy atom. The molecule has 3 nitrogen and oxygen atoms in total. The summed E-state index contributed by atoms with van der Waals surface area (Å²) in [6.07, 6.45) is 17.6. The van der Waals surface area contributed by atoms with E-state index in [1.165, 1.54) is 24.8 Å². The van der Waals surface area contributed by atoms with Gasteiger partial charge in [0, 0.05) is 5.92 Å². The summed E-state index contributed by atoms with van der Waals surface area (Å²) in [6.45, 7) is 0. The number of hydrogen-bond donors (Lipinski definition) is 3. The van der Waals surface area contributed by atoms with Crippen molar-refractivity contribution in [1.82, 2.24) is 16.0 Å². The van der Waals surface area contributed by atoms with Crippen LogP contribution in [0.3, 0.4) is 0 Å². The van der Waals surface area contributed by atoms with Crippen LogP contribution in [0.5, 0.6) is 0 Å². The largest absolute Gasteiger partial charge is 0.282 e. The van der Waals surface area contributed by atoms with Crippen molar-refractivity contribution in [2.45, 2.75) is 50.1 Å². The number of hydrogen-bond acceptors (Lipinski definition) is 3. The second-order valence-corrected chi connectivity index (χ2v) is 5.94. The fourth-order valence-corrected chi connectivity index (χ4v) is 3.33. The van der Waals surface area contributed by atoms with Gasteiger partial charge in [-0.1, -0.05) is 42.0 Å². The summed E-state index contributed by atoms with van der Waals surface area (Å²) < 4.78 is 0. The highest BCUT2D eigenvalue weighted by atomic mass is 35.5. The quantitative estimate of drug-likeness (QED) is 0.413. The predicted octanol–water partition coefficient (Wildman–Crippen LogP) is 2.58. The third-order valence-electron chi connectivity index (χ3n) is 4.12. The summed E-state index contributed by atoms with van der Waals surface area (Å²) in [6, 6.07) is 0. The molecule has 0 aromatic carbocycles. The van der Waals surface area contributed by atoms with Crippen LogP contribution in [0, 0.1) is 5.92 Å². The highest BCUT2D eigenvalue weighted by molar-refractivity contribution is 6.20. The van der Waals surface area contributed by atoms with E-state index in [9.17, 15) is 0 Å². The van der Waals surface area contributed by atoms with Gasteiger partial charge in [0.25, 0.3) is 0 Å². The lowest BCUT2D eigenvalue weighted by atomic mass is 9.92. The van der Waals surface area contributed by atoms with E-state index in [0.717, 1.165) is 12.8 Å². The Morgan fingerprint density at radius 1 is 1.11 bits per heavy atom. The summed E-state index contributed by atoms with van der Waals surface area (Å²) in [5.41, 5.74) is 1.23. The summed E-state index contributed by atoms with van der Waals surface area (Å²) in [5, 5.41) is 10.4. The maximum absolute atomic E-state index is 6.31. The molecule has 4 atom stereocenters. The molecule has 0 aromatic heterocycles.